The third-order valence-electron chi connectivity index (χ3n) is 3.96. The molecule has 10 heteroatoms. The van der Waals surface area contributed by atoms with Crippen LogP contribution in [-0.2, 0) is 14.8 Å². The summed E-state index contributed by atoms with van der Waals surface area (Å²) < 4.78 is 27.6. The summed E-state index contributed by atoms with van der Waals surface area (Å²) in [6.07, 6.45) is 0.350. The van der Waals surface area contributed by atoms with Gasteiger partial charge in [0.05, 0.1) is 20.8 Å². The summed E-state index contributed by atoms with van der Waals surface area (Å²) in [7, 11) is -3.95. The Labute approximate surface area is 171 Å². The lowest BCUT2D eigenvalue weighted by molar-refractivity contribution is -0.121. The number of nitrogens with zero attached hydrogens (tertiary/aromatic N) is 1. The first kappa shape index (κ1) is 19.9. The van der Waals surface area contributed by atoms with Gasteiger partial charge in [0.1, 0.15) is 4.90 Å². The third kappa shape index (κ3) is 4.38. The largest absolute Gasteiger partial charge is 0.280 e. The first-order valence-corrected chi connectivity index (χ1v) is 10.4. The number of nitrogens with one attached hydrogen (secondary N) is 2. The van der Waals surface area contributed by atoms with Crippen molar-refractivity contribution in [3.63, 3.8) is 0 Å². The molecule has 0 bridgehead atoms. The van der Waals surface area contributed by atoms with Crippen LogP contribution in [0.4, 0.5) is 5.69 Å². The summed E-state index contributed by atoms with van der Waals surface area (Å²) >= 11 is 17.7. The molecular formula is C17H14Cl3N3O3S. The number of amides is 1. The standard InChI is InChI=1S/C17H14Cl3N3O3S/c1-9-6-16(24)21-22-17(9)10-2-4-11(5-3-10)23-27(25,26)15-8-13(19)12(18)7-14(15)20/h2-5,7-9,23H,6H2,1H3,(H,21,24). The first-order chi connectivity index (χ1) is 12.7. The number of carbonyl (C=O) groups excluding carboxylic acids is 1. The van der Waals surface area contributed by atoms with E-state index in [0.717, 1.165) is 11.3 Å². The Morgan fingerprint density at radius 3 is 2.33 bits per heavy atom. The van der Waals surface area contributed by atoms with Crippen LogP contribution in [0.25, 0.3) is 0 Å². The molecule has 3 rings (SSSR count). The second-order valence-corrected chi connectivity index (χ2v) is 8.89. The molecule has 1 atom stereocenters. The molecule has 0 radical (unpaired) electrons. The molecule has 1 amide bonds. The lowest BCUT2D eigenvalue weighted by Crippen LogP contribution is -2.31. The van der Waals surface area contributed by atoms with Crippen molar-refractivity contribution >= 4 is 62.1 Å². The second-order valence-electron chi connectivity index (χ2n) is 6.02. The summed E-state index contributed by atoms with van der Waals surface area (Å²) in [5, 5.41) is 4.30. The molecule has 0 saturated carbocycles. The third-order valence-corrected chi connectivity index (χ3v) is 6.52. The summed E-state index contributed by atoms with van der Waals surface area (Å²) in [4.78, 5) is 11.2. The number of anilines is 1. The van der Waals surface area contributed by atoms with Crippen LogP contribution in [0, 0.1) is 5.92 Å². The summed E-state index contributed by atoms with van der Waals surface area (Å²) in [5.41, 5.74) is 4.32. The summed E-state index contributed by atoms with van der Waals surface area (Å²) in [6.45, 7) is 1.90. The first-order valence-electron chi connectivity index (χ1n) is 7.81. The van der Waals surface area contributed by atoms with E-state index in [1.807, 2.05) is 6.92 Å². The fourth-order valence-corrected chi connectivity index (χ4v) is 4.69. The van der Waals surface area contributed by atoms with E-state index in [1.165, 1.54) is 12.1 Å². The Balaban J connectivity index is 1.84. The molecule has 0 spiro atoms. The van der Waals surface area contributed by atoms with E-state index in [1.54, 1.807) is 24.3 Å². The van der Waals surface area contributed by atoms with Crippen LogP contribution in [-0.4, -0.2) is 20.0 Å². The van der Waals surface area contributed by atoms with E-state index in [9.17, 15) is 13.2 Å². The van der Waals surface area contributed by atoms with Crippen molar-refractivity contribution in [3.8, 4) is 0 Å². The molecule has 2 aromatic rings. The molecule has 2 aromatic carbocycles. The quantitative estimate of drug-likeness (QED) is 0.686. The zero-order valence-electron chi connectivity index (χ0n) is 14.0. The smallest absolute Gasteiger partial charge is 0.263 e. The van der Waals surface area contributed by atoms with Crippen molar-refractivity contribution < 1.29 is 13.2 Å². The number of carbonyl (C=O) groups is 1. The number of sulfonamides is 1. The molecule has 142 valence electrons. The minimum absolute atomic E-state index is 0.0312. The van der Waals surface area contributed by atoms with Crippen molar-refractivity contribution in [1.29, 1.82) is 0 Å². The topological polar surface area (TPSA) is 87.6 Å². The molecule has 1 aliphatic rings. The fourth-order valence-electron chi connectivity index (χ4n) is 2.63. The zero-order chi connectivity index (χ0) is 19.8. The van der Waals surface area contributed by atoms with E-state index in [4.69, 9.17) is 34.8 Å². The van der Waals surface area contributed by atoms with E-state index in [0.29, 0.717) is 12.1 Å². The Morgan fingerprint density at radius 1 is 1.07 bits per heavy atom. The van der Waals surface area contributed by atoms with Crippen molar-refractivity contribution in [3.05, 3.63) is 57.0 Å². The fraction of sp³-hybridized carbons (Fsp3) is 0.176. The van der Waals surface area contributed by atoms with E-state index < -0.39 is 10.0 Å². The molecule has 6 nitrogen and oxygen atoms in total. The Bertz CT molecular complexity index is 1040. The van der Waals surface area contributed by atoms with Crippen LogP contribution in [0.15, 0.2) is 46.4 Å². The highest BCUT2D eigenvalue weighted by Crippen LogP contribution is 2.32. The lowest BCUT2D eigenvalue weighted by atomic mass is 9.94. The molecule has 2 N–H and O–H groups in total. The van der Waals surface area contributed by atoms with Gasteiger partial charge in [0.25, 0.3) is 10.0 Å². The van der Waals surface area contributed by atoms with Gasteiger partial charge >= 0.3 is 0 Å². The molecule has 1 aliphatic heterocycles. The van der Waals surface area contributed by atoms with Crippen molar-refractivity contribution in [2.45, 2.75) is 18.2 Å². The second kappa shape index (κ2) is 7.67. The molecular weight excluding hydrogens is 433 g/mol. The van der Waals surface area contributed by atoms with Crippen LogP contribution < -0.4 is 10.1 Å². The summed E-state index contributed by atoms with van der Waals surface area (Å²) in [5.74, 6) is -0.162. The highest BCUT2D eigenvalue weighted by molar-refractivity contribution is 7.92. The van der Waals surface area contributed by atoms with Gasteiger partial charge in [-0.3, -0.25) is 9.52 Å². The molecule has 1 heterocycles. The number of hydrogen-bond donors (Lipinski definition) is 2. The average Bonchev–Trinajstić information content (AvgIpc) is 2.58. The highest BCUT2D eigenvalue weighted by Gasteiger charge is 2.23. The van der Waals surface area contributed by atoms with E-state index in [-0.39, 0.29) is 31.8 Å². The molecule has 0 saturated heterocycles. The Hall–Kier alpha value is -1.80. The maximum absolute atomic E-state index is 12.6. The van der Waals surface area contributed by atoms with Crippen LogP contribution in [0.1, 0.15) is 18.9 Å². The van der Waals surface area contributed by atoms with Crippen LogP contribution in [0.5, 0.6) is 0 Å². The van der Waals surface area contributed by atoms with Gasteiger partial charge in [0, 0.05) is 18.0 Å². The normalized spacial score (nSPS) is 17.3. The van der Waals surface area contributed by atoms with Crippen LogP contribution in [0.3, 0.4) is 0 Å². The number of hydrogen-bond acceptors (Lipinski definition) is 4. The lowest BCUT2D eigenvalue weighted by Gasteiger charge is -2.19. The summed E-state index contributed by atoms with van der Waals surface area (Å²) in [6, 6.07) is 9.13. The predicted octanol–water partition coefficient (Wildman–Crippen LogP) is 4.31. The van der Waals surface area contributed by atoms with Gasteiger partial charge in [-0.25, -0.2) is 13.8 Å². The van der Waals surface area contributed by atoms with Crippen LogP contribution >= 0.6 is 34.8 Å². The molecule has 1 unspecified atom stereocenters. The molecule has 0 aromatic heterocycles. The van der Waals surface area contributed by atoms with Crippen molar-refractivity contribution in [1.82, 2.24) is 5.43 Å². The highest BCUT2D eigenvalue weighted by atomic mass is 35.5. The zero-order valence-corrected chi connectivity index (χ0v) is 17.0. The van der Waals surface area contributed by atoms with Gasteiger partial charge in [0.15, 0.2) is 0 Å². The maximum atomic E-state index is 12.6. The Kier molecular flexibility index (Phi) is 5.67. The van der Waals surface area contributed by atoms with Crippen LogP contribution in [0.2, 0.25) is 15.1 Å². The molecule has 27 heavy (non-hydrogen) atoms. The minimum atomic E-state index is -3.95. The SMILES string of the molecule is CC1CC(=O)NN=C1c1ccc(NS(=O)(=O)c2cc(Cl)c(Cl)cc2Cl)cc1. The number of benzene rings is 2. The van der Waals surface area contributed by atoms with Gasteiger partial charge in [-0.1, -0.05) is 53.9 Å². The Morgan fingerprint density at radius 2 is 1.70 bits per heavy atom. The van der Waals surface area contributed by atoms with E-state index >= 15 is 0 Å². The monoisotopic (exact) mass is 445 g/mol. The van der Waals surface area contributed by atoms with Gasteiger partial charge in [0.2, 0.25) is 5.91 Å². The van der Waals surface area contributed by atoms with Gasteiger partial charge in [-0.05, 0) is 29.8 Å². The molecule has 0 aliphatic carbocycles. The predicted molar refractivity (Wildman–Crippen MR) is 107 cm³/mol. The van der Waals surface area contributed by atoms with Crippen molar-refractivity contribution in [2.24, 2.45) is 11.0 Å². The number of hydrazone groups is 1. The number of rotatable bonds is 4. The molecule has 0 fully saturated rings. The van der Waals surface area contributed by atoms with E-state index in [2.05, 4.69) is 15.2 Å². The average molecular weight is 447 g/mol. The van der Waals surface area contributed by atoms with Gasteiger partial charge in [-0.15, -0.1) is 0 Å². The van der Waals surface area contributed by atoms with Crippen molar-refractivity contribution in [2.75, 3.05) is 4.72 Å². The van der Waals surface area contributed by atoms with Gasteiger partial charge in [-0.2, -0.15) is 5.10 Å². The van der Waals surface area contributed by atoms with Gasteiger partial charge < -0.3 is 0 Å². The minimum Gasteiger partial charge on any atom is -0.280 e. The number of halogens is 3. The maximum Gasteiger partial charge on any atom is 0.263 e.